The number of hydrogen-bond donors (Lipinski definition) is 1. The molecule has 0 bridgehead atoms. The van der Waals surface area contributed by atoms with E-state index in [2.05, 4.69) is 20.5 Å². The number of anilines is 1. The van der Waals surface area contributed by atoms with E-state index in [1.807, 2.05) is 41.3 Å². The van der Waals surface area contributed by atoms with E-state index in [4.69, 9.17) is 11.6 Å². The van der Waals surface area contributed by atoms with Crippen LogP contribution in [0.15, 0.2) is 34.8 Å². The predicted octanol–water partition coefficient (Wildman–Crippen LogP) is 3.84. The minimum Gasteiger partial charge on any atom is -0.305 e. The highest BCUT2D eigenvalue weighted by molar-refractivity contribution is 7.98. The van der Waals surface area contributed by atoms with Crippen LogP contribution < -0.4 is 5.32 Å². The Morgan fingerprint density at radius 1 is 1.38 bits per heavy atom. The van der Waals surface area contributed by atoms with Gasteiger partial charge in [0.25, 0.3) is 0 Å². The fraction of sp³-hybridized carbons (Fsp3) is 0.200. The summed E-state index contributed by atoms with van der Waals surface area (Å²) in [5, 5.41) is 15.1. The van der Waals surface area contributed by atoms with Gasteiger partial charge in [-0.15, -0.1) is 21.5 Å². The van der Waals surface area contributed by atoms with Gasteiger partial charge in [0.05, 0.1) is 10.7 Å². The first kappa shape index (κ1) is 16.9. The zero-order chi connectivity index (χ0) is 17.1. The number of amides is 1. The van der Waals surface area contributed by atoms with Crippen molar-refractivity contribution in [2.24, 2.45) is 7.05 Å². The lowest BCUT2D eigenvalue weighted by molar-refractivity contribution is -0.114. The maximum atomic E-state index is 11.0. The molecule has 0 radical (unpaired) electrons. The lowest BCUT2D eigenvalue weighted by atomic mass is 10.2. The minimum absolute atomic E-state index is 0.124. The van der Waals surface area contributed by atoms with Crippen LogP contribution in [0.2, 0.25) is 5.02 Å². The molecule has 3 aromatic rings. The summed E-state index contributed by atoms with van der Waals surface area (Å²) in [6, 6.07) is 7.55. The van der Waals surface area contributed by atoms with E-state index in [1.54, 1.807) is 0 Å². The number of halogens is 1. The third-order valence-corrected chi connectivity index (χ3v) is 5.32. The normalized spacial score (nSPS) is 10.8. The van der Waals surface area contributed by atoms with Gasteiger partial charge in [-0.2, -0.15) is 0 Å². The van der Waals surface area contributed by atoms with Crippen molar-refractivity contribution >= 4 is 45.7 Å². The van der Waals surface area contributed by atoms with Crippen LogP contribution in [0.1, 0.15) is 12.6 Å². The van der Waals surface area contributed by atoms with Crippen LogP contribution >= 0.6 is 34.7 Å². The van der Waals surface area contributed by atoms with Gasteiger partial charge in [0.1, 0.15) is 0 Å². The molecule has 0 aliphatic carbocycles. The van der Waals surface area contributed by atoms with E-state index in [-0.39, 0.29) is 5.91 Å². The van der Waals surface area contributed by atoms with Gasteiger partial charge < -0.3 is 9.88 Å². The number of nitrogens with zero attached hydrogens (tertiary/aromatic N) is 4. The highest BCUT2D eigenvalue weighted by atomic mass is 35.5. The van der Waals surface area contributed by atoms with Gasteiger partial charge in [-0.3, -0.25) is 4.79 Å². The highest BCUT2D eigenvalue weighted by Gasteiger charge is 2.14. The van der Waals surface area contributed by atoms with Crippen molar-refractivity contribution in [3.05, 3.63) is 40.4 Å². The second-order valence-corrected chi connectivity index (χ2v) is 7.17. The lowest BCUT2D eigenvalue weighted by Crippen LogP contribution is -2.05. The third-order valence-electron chi connectivity index (χ3n) is 3.13. The van der Waals surface area contributed by atoms with Crippen LogP contribution in [-0.2, 0) is 17.6 Å². The highest BCUT2D eigenvalue weighted by Crippen LogP contribution is 2.29. The van der Waals surface area contributed by atoms with Gasteiger partial charge in [-0.05, 0) is 12.1 Å². The summed E-state index contributed by atoms with van der Waals surface area (Å²) in [5.41, 5.74) is 1.73. The Balaban J connectivity index is 1.72. The molecule has 124 valence electrons. The van der Waals surface area contributed by atoms with Crippen LogP contribution in [0, 0.1) is 0 Å². The van der Waals surface area contributed by atoms with Crippen molar-refractivity contribution in [2.45, 2.75) is 17.8 Å². The molecule has 0 aliphatic rings. The van der Waals surface area contributed by atoms with Crippen molar-refractivity contribution in [2.75, 3.05) is 5.32 Å². The Morgan fingerprint density at radius 2 is 2.17 bits per heavy atom. The summed E-state index contributed by atoms with van der Waals surface area (Å²) in [6.07, 6.45) is 0. The number of thiazole rings is 1. The van der Waals surface area contributed by atoms with E-state index in [1.165, 1.54) is 30.0 Å². The molecular weight excluding hydrogens is 366 g/mol. The smallest absolute Gasteiger partial charge is 0.223 e. The number of aromatic nitrogens is 4. The summed E-state index contributed by atoms with van der Waals surface area (Å²) in [6.45, 7) is 1.46. The molecular formula is C15H14ClN5OS2. The maximum absolute atomic E-state index is 11.0. The van der Waals surface area contributed by atoms with E-state index >= 15 is 0 Å². The molecule has 0 unspecified atom stereocenters. The molecule has 0 atom stereocenters. The Hall–Kier alpha value is -1.90. The van der Waals surface area contributed by atoms with Crippen LogP contribution in [0.25, 0.3) is 11.4 Å². The van der Waals surface area contributed by atoms with Gasteiger partial charge in [0, 0.05) is 30.7 Å². The largest absolute Gasteiger partial charge is 0.305 e. The predicted molar refractivity (Wildman–Crippen MR) is 97.4 cm³/mol. The summed E-state index contributed by atoms with van der Waals surface area (Å²) in [4.78, 5) is 15.4. The Labute approximate surface area is 152 Å². The topological polar surface area (TPSA) is 72.7 Å². The molecule has 24 heavy (non-hydrogen) atoms. The molecule has 1 aromatic carbocycles. The number of carbonyl (C=O) groups excluding carboxylic acids is 1. The fourth-order valence-corrected chi connectivity index (χ4v) is 3.92. The Morgan fingerprint density at radius 3 is 2.92 bits per heavy atom. The summed E-state index contributed by atoms with van der Waals surface area (Å²) in [7, 11) is 1.91. The number of thioether (sulfide) groups is 1. The molecule has 0 saturated heterocycles. The molecule has 2 aromatic heterocycles. The van der Waals surface area contributed by atoms with Gasteiger partial charge in [-0.25, -0.2) is 4.98 Å². The number of rotatable bonds is 5. The van der Waals surface area contributed by atoms with Gasteiger partial charge in [-0.1, -0.05) is 35.5 Å². The van der Waals surface area contributed by atoms with E-state index < -0.39 is 0 Å². The number of nitrogens with one attached hydrogen (secondary N) is 1. The molecule has 0 fully saturated rings. The van der Waals surface area contributed by atoms with E-state index in [0.717, 1.165) is 22.2 Å². The maximum Gasteiger partial charge on any atom is 0.223 e. The van der Waals surface area contributed by atoms with Gasteiger partial charge in [0.2, 0.25) is 5.91 Å². The van der Waals surface area contributed by atoms with Crippen LogP contribution in [0.4, 0.5) is 5.13 Å². The van der Waals surface area contributed by atoms with Crippen LogP contribution in [0.5, 0.6) is 0 Å². The van der Waals surface area contributed by atoms with E-state index in [9.17, 15) is 4.79 Å². The first-order valence-corrected chi connectivity index (χ1v) is 9.28. The van der Waals surface area contributed by atoms with Crippen LogP contribution in [-0.4, -0.2) is 25.7 Å². The average molecular weight is 380 g/mol. The SMILES string of the molecule is CC(=O)Nc1nc(CSc2nnc(-c3ccccc3Cl)n2C)cs1. The first-order valence-electron chi connectivity index (χ1n) is 7.03. The number of benzene rings is 1. The van der Waals surface area contributed by atoms with Gasteiger partial charge in [0.15, 0.2) is 16.1 Å². The Kier molecular flexibility index (Phi) is 5.17. The average Bonchev–Trinajstić information content (AvgIpc) is 3.12. The summed E-state index contributed by atoms with van der Waals surface area (Å²) < 4.78 is 1.91. The third kappa shape index (κ3) is 3.77. The summed E-state index contributed by atoms with van der Waals surface area (Å²) in [5.74, 6) is 1.24. The molecule has 0 saturated carbocycles. The van der Waals surface area contributed by atoms with Crippen LogP contribution in [0.3, 0.4) is 0 Å². The molecule has 0 spiro atoms. The van der Waals surface area contributed by atoms with Gasteiger partial charge >= 0.3 is 0 Å². The monoisotopic (exact) mass is 379 g/mol. The van der Waals surface area contributed by atoms with Crippen molar-refractivity contribution in [1.29, 1.82) is 0 Å². The second kappa shape index (κ2) is 7.33. The van der Waals surface area contributed by atoms with Crippen molar-refractivity contribution in [1.82, 2.24) is 19.7 Å². The number of hydrogen-bond acceptors (Lipinski definition) is 6. The standard InChI is InChI=1S/C15H14ClN5OS2/c1-9(22)17-14-18-10(7-23-14)8-24-15-20-19-13(21(15)2)11-5-3-4-6-12(11)16/h3-7H,8H2,1-2H3,(H,17,18,22). The molecule has 9 heteroatoms. The van der Waals surface area contributed by atoms with Crippen molar-refractivity contribution in [3.63, 3.8) is 0 Å². The zero-order valence-electron chi connectivity index (χ0n) is 13.0. The molecule has 1 amide bonds. The molecule has 2 heterocycles. The zero-order valence-corrected chi connectivity index (χ0v) is 15.4. The number of carbonyl (C=O) groups is 1. The quantitative estimate of drug-likeness (QED) is 0.682. The minimum atomic E-state index is -0.124. The second-order valence-electron chi connectivity index (χ2n) is 4.96. The molecule has 0 aliphatic heterocycles. The lowest BCUT2D eigenvalue weighted by Gasteiger charge is -2.04. The van der Waals surface area contributed by atoms with Crippen molar-refractivity contribution in [3.8, 4) is 11.4 Å². The Bertz CT molecular complexity index is 876. The molecule has 3 rings (SSSR count). The van der Waals surface area contributed by atoms with E-state index in [0.29, 0.717) is 15.9 Å². The first-order chi connectivity index (χ1) is 11.5. The molecule has 1 N–H and O–H groups in total. The summed E-state index contributed by atoms with van der Waals surface area (Å²) >= 11 is 9.16. The molecule has 6 nitrogen and oxygen atoms in total. The fourth-order valence-electron chi connectivity index (χ4n) is 2.04. The van der Waals surface area contributed by atoms with Crippen molar-refractivity contribution < 1.29 is 4.79 Å².